The smallest absolute Gasteiger partial charge is 0.178 e. The Labute approximate surface area is 145 Å². The lowest BCUT2D eigenvalue weighted by atomic mass is 9.81. The zero-order valence-corrected chi connectivity index (χ0v) is 15.6. The predicted octanol–water partition coefficient (Wildman–Crippen LogP) is 4.95. The molecule has 3 heterocycles. The topological polar surface area (TPSA) is 32.3 Å². The fraction of sp³-hybridized carbons (Fsp3) is 0.500. The van der Waals surface area contributed by atoms with Gasteiger partial charge in [-0.3, -0.25) is 0 Å². The van der Waals surface area contributed by atoms with Crippen molar-refractivity contribution in [1.82, 2.24) is 9.97 Å². The highest BCUT2D eigenvalue weighted by Crippen LogP contribution is 2.52. The van der Waals surface area contributed by atoms with Crippen molar-refractivity contribution >= 4 is 17.3 Å². The summed E-state index contributed by atoms with van der Waals surface area (Å²) in [5.41, 5.74) is 2.69. The van der Waals surface area contributed by atoms with Gasteiger partial charge in [0.2, 0.25) is 0 Å². The molecule has 0 aliphatic carbocycles. The number of aromatic nitrogens is 2. The third-order valence-electron chi connectivity index (χ3n) is 5.18. The second-order valence-electron chi connectivity index (χ2n) is 6.69. The number of hydrogen-bond donors (Lipinski definition) is 0. The SMILES string of the molecule is CC.CC1c2ccccc2N2c3nccnc3N(C(C)C)C2C1C. The lowest BCUT2D eigenvalue weighted by Crippen LogP contribution is -2.52. The molecule has 3 unspecified atom stereocenters. The van der Waals surface area contributed by atoms with Crippen LogP contribution in [0.3, 0.4) is 0 Å². The summed E-state index contributed by atoms with van der Waals surface area (Å²) in [5.74, 6) is 3.03. The van der Waals surface area contributed by atoms with Crippen LogP contribution in [0.2, 0.25) is 0 Å². The molecule has 24 heavy (non-hydrogen) atoms. The van der Waals surface area contributed by atoms with Crippen molar-refractivity contribution in [2.24, 2.45) is 5.92 Å². The first-order valence-corrected chi connectivity index (χ1v) is 9.08. The van der Waals surface area contributed by atoms with Crippen LogP contribution in [0.5, 0.6) is 0 Å². The molecule has 0 bridgehead atoms. The van der Waals surface area contributed by atoms with Crippen LogP contribution in [-0.4, -0.2) is 22.2 Å². The van der Waals surface area contributed by atoms with Crippen LogP contribution < -0.4 is 9.80 Å². The molecule has 0 amide bonds. The van der Waals surface area contributed by atoms with E-state index in [1.54, 1.807) is 12.4 Å². The maximum Gasteiger partial charge on any atom is 0.178 e. The minimum absolute atomic E-state index is 0.294. The lowest BCUT2D eigenvalue weighted by molar-refractivity contribution is 0.357. The molecule has 0 fully saturated rings. The molecule has 0 saturated heterocycles. The maximum absolute atomic E-state index is 4.66. The quantitative estimate of drug-likeness (QED) is 0.743. The van der Waals surface area contributed by atoms with Crippen LogP contribution in [-0.2, 0) is 0 Å². The Bertz CT molecular complexity index is 712. The van der Waals surface area contributed by atoms with Gasteiger partial charge in [0.25, 0.3) is 0 Å². The van der Waals surface area contributed by atoms with Crippen molar-refractivity contribution in [2.45, 2.75) is 59.7 Å². The highest BCUT2D eigenvalue weighted by Gasteiger charge is 2.48. The Kier molecular flexibility index (Phi) is 4.48. The van der Waals surface area contributed by atoms with Crippen LogP contribution >= 0.6 is 0 Å². The van der Waals surface area contributed by atoms with E-state index in [9.17, 15) is 0 Å². The van der Waals surface area contributed by atoms with E-state index in [0.717, 1.165) is 11.6 Å². The van der Waals surface area contributed by atoms with Crippen molar-refractivity contribution in [3.8, 4) is 0 Å². The van der Waals surface area contributed by atoms with E-state index in [2.05, 4.69) is 71.7 Å². The number of nitrogens with zero attached hydrogens (tertiary/aromatic N) is 4. The fourth-order valence-corrected chi connectivity index (χ4v) is 3.98. The number of hydrogen-bond acceptors (Lipinski definition) is 4. The van der Waals surface area contributed by atoms with Gasteiger partial charge in [-0.1, -0.05) is 45.9 Å². The zero-order valence-electron chi connectivity index (χ0n) is 15.6. The molecule has 1 aromatic carbocycles. The van der Waals surface area contributed by atoms with Gasteiger partial charge in [0.05, 0.1) is 0 Å². The first kappa shape index (κ1) is 16.7. The first-order chi connectivity index (χ1) is 11.6. The monoisotopic (exact) mass is 324 g/mol. The van der Waals surface area contributed by atoms with Crippen molar-refractivity contribution < 1.29 is 0 Å². The highest BCUT2D eigenvalue weighted by molar-refractivity contribution is 5.81. The summed E-state index contributed by atoms with van der Waals surface area (Å²) < 4.78 is 0. The van der Waals surface area contributed by atoms with Crippen molar-refractivity contribution in [1.29, 1.82) is 0 Å². The fourth-order valence-electron chi connectivity index (χ4n) is 3.98. The molecule has 0 N–H and O–H groups in total. The van der Waals surface area contributed by atoms with Gasteiger partial charge in [-0.25, -0.2) is 9.97 Å². The van der Waals surface area contributed by atoms with Gasteiger partial charge >= 0.3 is 0 Å². The van der Waals surface area contributed by atoms with Gasteiger partial charge in [-0.2, -0.15) is 0 Å². The van der Waals surface area contributed by atoms with Crippen LogP contribution in [0.4, 0.5) is 17.3 Å². The molecule has 3 atom stereocenters. The average molecular weight is 324 g/mol. The van der Waals surface area contributed by atoms with E-state index in [4.69, 9.17) is 0 Å². The van der Waals surface area contributed by atoms with E-state index in [-0.39, 0.29) is 0 Å². The summed E-state index contributed by atoms with van der Waals surface area (Å²) in [7, 11) is 0. The molecular weight excluding hydrogens is 296 g/mol. The number of fused-ring (bicyclic) bond motifs is 5. The molecule has 1 aromatic heterocycles. The standard InChI is InChI=1S/C18H22N4.C2H6/c1-11(2)21-16-17(20-10-9-19-16)22-15-8-6-5-7-14(15)12(3)13(4)18(21)22;1-2/h5-13,18H,1-4H3;1-2H3. The summed E-state index contributed by atoms with van der Waals surface area (Å²) in [6.07, 6.45) is 3.89. The number of anilines is 3. The molecule has 0 spiro atoms. The zero-order chi connectivity index (χ0) is 17.4. The van der Waals surface area contributed by atoms with E-state index in [1.165, 1.54) is 11.3 Å². The Balaban J connectivity index is 0.000000815. The van der Waals surface area contributed by atoms with E-state index in [0.29, 0.717) is 24.0 Å². The maximum atomic E-state index is 4.66. The van der Waals surface area contributed by atoms with Crippen LogP contribution in [0, 0.1) is 5.92 Å². The van der Waals surface area contributed by atoms with Gasteiger partial charge in [0, 0.05) is 30.0 Å². The summed E-state index contributed by atoms with van der Waals surface area (Å²) in [6, 6.07) is 9.11. The summed E-state index contributed by atoms with van der Waals surface area (Å²) in [4.78, 5) is 14.1. The normalized spacial score (nSPS) is 24.0. The average Bonchev–Trinajstić information content (AvgIpc) is 2.97. The summed E-state index contributed by atoms with van der Waals surface area (Å²) >= 11 is 0. The Morgan fingerprint density at radius 1 is 0.958 bits per heavy atom. The van der Waals surface area contributed by atoms with Gasteiger partial charge in [-0.15, -0.1) is 0 Å². The summed E-state index contributed by atoms with van der Waals surface area (Å²) in [5, 5.41) is 0. The molecule has 4 heteroatoms. The molecule has 128 valence electrons. The molecule has 2 aliphatic heterocycles. The van der Waals surface area contributed by atoms with Gasteiger partial charge < -0.3 is 9.80 Å². The molecule has 4 rings (SSSR count). The van der Waals surface area contributed by atoms with Gasteiger partial charge in [0.1, 0.15) is 6.17 Å². The van der Waals surface area contributed by atoms with Crippen LogP contribution in [0.1, 0.15) is 53.0 Å². The lowest BCUT2D eigenvalue weighted by Gasteiger charge is -2.45. The molecular formula is C20H28N4. The van der Waals surface area contributed by atoms with Crippen molar-refractivity contribution in [3.05, 3.63) is 42.2 Å². The third-order valence-corrected chi connectivity index (χ3v) is 5.18. The van der Waals surface area contributed by atoms with Gasteiger partial charge in [0.15, 0.2) is 11.6 Å². The minimum atomic E-state index is 0.294. The van der Waals surface area contributed by atoms with E-state index >= 15 is 0 Å². The number of para-hydroxylation sites is 1. The van der Waals surface area contributed by atoms with E-state index < -0.39 is 0 Å². The third kappa shape index (κ3) is 2.27. The van der Waals surface area contributed by atoms with Crippen molar-refractivity contribution in [3.63, 3.8) is 0 Å². The molecule has 2 aliphatic rings. The Hall–Kier alpha value is -2.10. The minimum Gasteiger partial charge on any atom is -0.330 e. The van der Waals surface area contributed by atoms with E-state index in [1.807, 2.05) is 13.8 Å². The van der Waals surface area contributed by atoms with Crippen LogP contribution in [0.15, 0.2) is 36.7 Å². The van der Waals surface area contributed by atoms with Crippen molar-refractivity contribution in [2.75, 3.05) is 9.80 Å². The number of benzene rings is 1. The Morgan fingerprint density at radius 2 is 1.58 bits per heavy atom. The first-order valence-electron chi connectivity index (χ1n) is 9.08. The second kappa shape index (κ2) is 6.42. The second-order valence-corrected chi connectivity index (χ2v) is 6.69. The van der Waals surface area contributed by atoms with Gasteiger partial charge in [-0.05, 0) is 31.4 Å². The molecule has 0 radical (unpaired) electrons. The Morgan fingerprint density at radius 3 is 2.25 bits per heavy atom. The molecule has 4 nitrogen and oxygen atoms in total. The molecule has 2 aromatic rings. The summed E-state index contributed by atoms with van der Waals surface area (Å²) in [6.45, 7) is 13.2. The predicted molar refractivity (Wildman–Crippen MR) is 101 cm³/mol. The largest absolute Gasteiger partial charge is 0.330 e. The molecule has 0 saturated carbocycles. The highest BCUT2D eigenvalue weighted by atomic mass is 15.5. The van der Waals surface area contributed by atoms with Crippen LogP contribution in [0.25, 0.3) is 0 Å². The number of rotatable bonds is 1.